The Morgan fingerprint density at radius 2 is 1.26 bits per heavy atom. The van der Waals surface area contributed by atoms with Crippen LogP contribution in [0.3, 0.4) is 0 Å². The first-order chi connectivity index (χ1) is 20.1. The smallest absolute Gasteiger partial charge is 1.00 e. The van der Waals surface area contributed by atoms with Crippen molar-refractivity contribution in [2.24, 2.45) is 0 Å². The third-order valence-corrected chi connectivity index (χ3v) is 9.73. The van der Waals surface area contributed by atoms with Crippen LogP contribution in [0.1, 0.15) is 59.1 Å². The zero-order valence-electron chi connectivity index (χ0n) is 26.2. The molecule has 0 spiro atoms. The van der Waals surface area contributed by atoms with Crippen molar-refractivity contribution in [3.8, 4) is 0 Å². The average Bonchev–Trinajstić information content (AvgIpc) is 3.68. The number of hydrogen-bond donors (Lipinski definition) is 0. The summed E-state index contributed by atoms with van der Waals surface area (Å²) < 4.78 is 0. The number of thiophene rings is 2. The van der Waals surface area contributed by atoms with E-state index in [-0.39, 0.29) is 43.6 Å². The summed E-state index contributed by atoms with van der Waals surface area (Å²) in [6.07, 6.45) is 11.4. The van der Waals surface area contributed by atoms with Crippen molar-refractivity contribution in [2.45, 2.75) is 51.6 Å². The molecular formula is C36H44AlLiN2OS2. The first-order valence-electron chi connectivity index (χ1n) is 14.6. The number of carbonyl (C=O) groups excluding carboxylic acids is 1. The summed E-state index contributed by atoms with van der Waals surface area (Å²) in [6, 6.07) is 25.2. The molecule has 7 heteroatoms. The van der Waals surface area contributed by atoms with Crippen LogP contribution in [-0.4, -0.2) is 53.7 Å². The number of aryl methyl sites for hydroxylation is 2. The molecule has 43 heavy (non-hydrogen) atoms. The van der Waals surface area contributed by atoms with Crippen LogP contribution in [0.2, 0.25) is 0 Å². The van der Waals surface area contributed by atoms with Crippen LogP contribution >= 0.6 is 22.7 Å². The number of nitrogens with zero attached hydrogens (tertiary/aromatic N) is 2. The van der Waals surface area contributed by atoms with Crippen LogP contribution in [0.4, 0.5) is 0 Å². The average molecular weight is 619 g/mol. The van der Waals surface area contributed by atoms with Crippen molar-refractivity contribution in [3.63, 3.8) is 0 Å². The second-order valence-electron chi connectivity index (χ2n) is 11.0. The Morgan fingerprint density at radius 1 is 0.744 bits per heavy atom. The molecule has 4 aromatic rings. The molecule has 0 saturated carbocycles. The fourth-order valence-electron chi connectivity index (χ4n) is 5.57. The molecule has 6 rings (SSSR count). The fraction of sp³-hybridized carbons (Fsp3) is 0.306. The third-order valence-electron chi connectivity index (χ3n) is 7.76. The van der Waals surface area contributed by atoms with Crippen LogP contribution in [0.5, 0.6) is 0 Å². The zero-order valence-corrected chi connectivity index (χ0v) is 26.9. The Kier molecular flexibility index (Phi) is 14.8. The molecule has 0 N–H and O–H groups in total. The van der Waals surface area contributed by atoms with Gasteiger partial charge < -0.3 is 6.33 Å². The van der Waals surface area contributed by atoms with Gasteiger partial charge >= 0.3 is 18.9 Å². The molecule has 0 atom stereocenters. The summed E-state index contributed by atoms with van der Waals surface area (Å²) >= 11 is 3.71. The predicted octanol–water partition coefficient (Wildman–Crippen LogP) is 4.66. The molecule has 0 unspecified atom stereocenters. The summed E-state index contributed by atoms with van der Waals surface area (Å²) in [4.78, 5) is 19.6. The van der Waals surface area contributed by atoms with Crippen LogP contribution in [0, 0.1) is 0 Å². The fourth-order valence-corrected chi connectivity index (χ4v) is 7.48. The van der Waals surface area contributed by atoms with Gasteiger partial charge in [0.15, 0.2) is 17.4 Å². The standard InChI is InChI=1S/C18H19NOS.C18H21NS.Al.Li.4H/c1-19(13-14-6-3-2-4-7-14)18(20)12-15-8-5-9-17-16(15)10-11-21-17;1-19(14-15-6-3-2-4-7-15)12-10-16-8-5-9-18-17(16)11-13-20-18;;;;;;/h2-4,6-7,10-12H,5,8-9,13H2,1H3;2-4,6-7,10-11,13H,5,8-9,12,14H2,1H3;;;;;;/q;;;+1;;;;-1/b15-12+;16-10+;;;;;;. The number of likely N-dealkylation sites (N-methyl/N-ethyl adjacent to an activating group) is 2. The molecule has 220 valence electrons. The van der Waals surface area contributed by atoms with E-state index in [4.69, 9.17) is 0 Å². The van der Waals surface area contributed by atoms with Gasteiger partial charge in [0.1, 0.15) is 0 Å². The Balaban J connectivity index is 0.000000287. The normalized spacial score (nSPS) is 15.4. The first-order valence-corrected chi connectivity index (χ1v) is 16.4. The van der Waals surface area contributed by atoms with Crippen molar-refractivity contribution in [3.05, 3.63) is 128 Å². The van der Waals surface area contributed by atoms with Crippen molar-refractivity contribution in [1.82, 2.24) is 9.80 Å². The van der Waals surface area contributed by atoms with Gasteiger partial charge in [-0.1, -0.05) is 66.7 Å². The summed E-state index contributed by atoms with van der Waals surface area (Å²) in [5.74, 6) is 0.0907. The summed E-state index contributed by atoms with van der Waals surface area (Å²) in [5.41, 5.74) is 8.08. The van der Waals surface area contributed by atoms with E-state index >= 15 is 0 Å². The van der Waals surface area contributed by atoms with Gasteiger partial charge in [0.2, 0.25) is 5.91 Å². The van der Waals surface area contributed by atoms with Gasteiger partial charge in [-0.2, -0.15) is 0 Å². The molecule has 2 aromatic carbocycles. The minimum Gasteiger partial charge on any atom is -1.00 e. The van der Waals surface area contributed by atoms with Gasteiger partial charge in [-0.3, -0.25) is 9.69 Å². The maximum Gasteiger partial charge on any atom is 1.00 e. The molecule has 3 nitrogen and oxygen atoms in total. The van der Waals surface area contributed by atoms with Crippen LogP contribution in [0.15, 0.2) is 95.7 Å². The predicted molar refractivity (Wildman–Crippen MR) is 187 cm³/mol. The van der Waals surface area contributed by atoms with E-state index in [1.165, 1.54) is 46.4 Å². The van der Waals surface area contributed by atoms with Crippen molar-refractivity contribution in [1.29, 1.82) is 0 Å². The van der Waals surface area contributed by atoms with E-state index in [9.17, 15) is 4.79 Å². The van der Waals surface area contributed by atoms with Gasteiger partial charge in [0, 0.05) is 42.5 Å². The topological polar surface area (TPSA) is 23.6 Å². The number of fused-ring (bicyclic) bond motifs is 2. The van der Waals surface area contributed by atoms with Crippen LogP contribution < -0.4 is 18.9 Å². The molecule has 0 saturated heterocycles. The number of hydrogen-bond acceptors (Lipinski definition) is 4. The second kappa shape index (κ2) is 18.0. The summed E-state index contributed by atoms with van der Waals surface area (Å²) in [7, 11) is 4.06. The number of carbonyl (C=O) groups is 1. The quantitative estimate of drug-likeness (QED) is 0.222. The molecule has 0 bridgehead atoms. The maximum absolute atomic E-state index is 12.4. The van der Waals surface area contributed by atoms with Gasteiger partial charge in [-0.05, 0) is 102 Å². The molecule has 0 radical (unpaired) electrons. The molecule has 2 heterocycles. The SMILES string of the molecule is CN(C/C=C1\CCCc2sccc21)Cc1ccccc1.CN(Cc1ccccc1)C(=O)/C=C1\CCCc2sccc21.[AlH3].[H-].[Li+]. The van der Waals surface area contributed by atoms with Crippen LogP contribution in [0.25, 0.3) is 11.1 Å². The molecule has 2 aliphatic carbocycles. The summed E-state index contributed by atoms with van der Waals surface area (Å²) in [6.45, 7) is 2.70. The number of amides is 1. The Labute approximate surface area is 290 Å². The van der Waals surface area contributed by atoms with E-state index in [1.807, 2.05) is 42.7 Å². The molecule has 0 aliphatic heterocycles. The van der Waals surface area contributed by atoms with E-state index in [2.05, 4.69) is 83.4 Å². The van der Waals surface area contributed by atoms with Gasteiger partial charge in [0.05, 0.1) is 0 Å². The maximum atomic E-state index is 12.4. The van der Waals surface area contributed by atoms with E-state index in [1.54, 1.807) is 26.7 Å². The van der Waals surface area contributed by atoms with Crippen molar-refractivity contribution in [2.75, 3.05) is 20.6 Å². The minimum atomic E-state index is 0. The number of rotatable bonds is 7. The van der Waals surface area contributed by atoms with Crippen molar-refractivity contribution >= 4 is 57.1 Å². The van der Waals surface area contributed by atoms with Gasteiger partial charge in [0.25, 0.3) is 0 Å². The molecular weight excluding hydrogens is 574 g/mol. The Morgan fingerprint density at radius 3 is 1.84 bits per heavy atom. The molecule has 0 fully saturated rings. The number of allylic oxidation sites excluding steroid dienone is 2. The Hall–Kier alpha value is -2.12. The largest absolute Gasteiger partial charge is 1.00 e. The summed E-state index contributed by atoms with van der Waals surface area (Å²) in [5, 5.41) is 4.36. The van der Waals surface area contributed by atoms with Gasteiger partial charge in [-0.25, -0.2) is 0 Å². The van der Waals surface area contributed by atoms with Crippen LogP contribution in [-0.2, 0) is 30.7 Å². The molecule has 2 aliphatic rings. The molecule has 1 amide bonds. The first kappa shape index (κ1) is 35.4. The van der Waals surface area contributed by atoms with E-state index in [0.29, 0.717) is 6.54 Å². The number of benzene rings is 2. The minimum absolute atomic E-state index is 0. The van der Waals surface area contributed by atoms with Crippen molar-refractivity contribution < 1.29 is 25.1 Å². The van der Waals surface area contributed by atoms with E-state index in [0.717, 1.165) is 37.9 Å². The monoisotopic (exact) mass is 618 g/mol. The molecule has 2 aromatic heterocycles. The third kappa shape index (κ3) is 10.2. The zero-order chi connectivity index (χ0) is 28.4. The van der Waals surface area contributed by atoms with E-state index < -0.39 is 0 Å². The van der Waals surface area contributed by atoms with Gasteiger partial charge in [-0.15, -0.1) is 22.7 Å². The second-order valence-corrected chi connectivity index (χ2v) is 13.0. The Bertz CT molecular complexity index is 1490.